The summed E-state index contributed by atoms with van der Waals surface area (Å²) in [6, 6.07) is 1.67. The lowest BCUT2D eigenvalue weighted by Crippen LogP contribution is -2.03. The second-order valence-electron chi connectivity index (χ2n) is 2.48. The van der Waals surface area contributed by atoms with E-state index in [1.54, 1.807) is 0 Å². The smallest absolute Gasteiger partial charge is 0.164 e. The molecule has 1 aromatic rings. The molecule has 0 saturated heterocycles. The van der Waals surface area contributed by atoms with Gasteiger partial charge in [0.05, 0.1) is 0 Å². The molecule has 1 atom stereocenters. The highest BCUT2D eigenvalue weighted by Crippen LogP contribution is 2.21. The Morgan fingerprint density at radius 3 is 2.08 bits per heavy atom. The first-order chi connectivity index (χ1) is 5.54. The van der Waals surface area contributed by atoms with Gasteiger partial charge in [-0.15, -0.1) is 0 Å². The van der Waals surface area contributed by atoms with Gasteiger partial charge in [-0.05, 0) is 17.7 Å². The third-order valence-electron chi connectivity index (χ3n) is 1.51. The number of halogens is 3. The van der Waals surface area contributed by atoms with Crippen LogP contribution in [-0.2, 0) is 0 Å². The first-order valence-corrected chi connectivity index (χ1v) is 3.96. The van der Waals surface area contributed by atoms with Gasteiger partial charge in [0, 0.05) is 15.8 Å². The maximum absolute atomic E-state index is 12.9. The molecule has 12 heavy (non-hydrogen) atoms. The van der Waals surface area contributed by atoms with Crippen molar-refractivity contribution >= 4 is 10.2 Å². The van der Waals surface area contributed by atoms with E-state index < -0.39 is 23.0 Å². The lowest BCUT2D eigenvalue weighted by atomic mass is 10.1. The molecular weight excluding hydrogens is 181 g/mol. The van der Waals surface area contributed by atoms with E-state index in [2.05, 4.69) is 10.2 Å². The van der Waals surface area contributed by atoms with Crippen molar-refractivity contribution in [3.05, 3.63) is 35.1 Å². The van der Waals surface area contributed by atoms with Crippen LogP contribution in [0.1, 0.15) is 18.0 Å². The molecule has 0 amide bonds. The van der Waals surface area contributed by atoms with Crippen LogP contribution in [0.15, 0.2) is 12.1 Å². The molecule has 0 nitrogen and oxygen atoms in total. The van der Waals surface area contributed by atoms with Gasteiger partial charge < -0.3 is 0 Å². The first kappa shape index (κ1) is 9.32. The third-order valence-corrected chi connectivity index (χ3v) is 1.80. The van der Waals surface area contributed by atoms with Crippen molar-refractivity contribution in [3.8, 4) is 0 Å². The maximum Gasteiger partial charge on any atom is 0.164 e. The standard InChI is InChI=1S/C8H6F3Si/c1-4(12)7-5(9)2-3-6(10)8(7)11/h2-4H,1H3. The minimum atomic E-state index is -1.13. The lowest BCUT2D eigenvalue weighted by Gasteiger charge is -2.07. The van der Waals surface area contributed by atoms with Crippen LogP contribution in [-0.4, -0.2) is 10.2 Å². The molecule has 0 spiro atoms. The van der Waals surface area contributed by atoms with Crippen molar-refractivity contribution in [3.63, 3.8) is 0 Å². The zero-order chi connectivity index (χ0) is 9.30. The quantitative estimate of drug-likeness (QED) is 0.467. The van der Waals surface area contributed by atoms with E-state index in [9.17, 15) is 13.2 Å². The van der Waals surface area contributed by atoms with Gasteiger partial charge in [-0.3, -0.25) is 0 Å². The summed E-state index contributed by atoms with van der Waals surface area (Å²) >= 11 is 0. The predicted molar refractivity (Wildman–Crippen MR) is 40.5 cm³/mol. The van der Waals surface area contributed by atoms with Gasteiger partial charge in [0.25, 0.3) is 0 Å². The summed E-state index contributed by atoms with van der Waals surface area (Å²) in [7, 11) is 3.02. The van der Waals surface area contributed by atoms with Crippen LogP contribution < -0.4 is 0 Å². The lowest BCUT2D eigenvalue weighted by molar-refractivity contribution is 0.479. The van der Waals surface area contributed by atoms with Crippen LogP contribution in [0.4, 0.5) is 13.2 Å². The Morgan fingerprint density at radius 2 is 1.67 bits per heavy atom. The van der Waals surface area contributed by atoms with E-state index in [0.717, 1.165) is 12.1 Å². The number of benzene rings is 1. The van der Waals surface area contributed by atoms with Crippen LogP contribution in [0.25, 0.3) is 0 Å². The minimum Gasteiger partial charge on any atom is -0.207 e. The molecule has 0 N–H and O–H groups in total. The molecule has 63 valence electrons. The van der Waals surface area contributed by atoms with Crippen LogP contribution in [0, 0.1) is 17.5 Å². The van der Waals surface area contributed by atoms with Crippen molar-refractivity contribution in [1.29, 1.82) is 0 Å². The van der Waals surface area contributed by atoms with Crippen LogP contribution in [0.2, 0.25) is 0 Å². The molecule has 0 fully saturated rings. The highest BCUT2D eigenvalue weighted by molar-refractivity contribution is 6.12. The summed E-state index contributed by atoms with van der Waals surface area (Å²) in [5.41, 5.74) is -0.813. The summed E-state index contributed by atoms with van der Waals surface area (Å²) in [4.78, 5) is 0. The summed E-state index contributed by atoms with van der Waals surface area (Å²) < 4.78 is 38.3. The molecule has 0 aliphatic heterocycles. The van der Waals surface area contributed by atoms with E-state index in [0.29, 0.717) is 0 Å². The average Bonchev–Trinajstić information content (AvgIpc) is 1.97. The fraction of sp³-hybridized carbons (Fsp3) is 0.250. The second-order valence-corrected chi connectivity index (χ2v) is 3.34. The summed E-state index contributed by atoms with van der Waals surface area (Å²) in [5, 5.41) is 0. The Bertz CT molecular complexity index is 297. The zero-order valence-corrected chi connectivity index (χ0v) is 7.37. The van der Waals surface area contributed by atoms with Gasteiger partial charge in [-0.2, -0.15) is 0 Å². The Morgan fingerprint density at radius 1 is 1.17 bits per heavy atom. The van der Waals surface area contributed by atoms with Crippen LogP contribution >= 0.6 is 0 Å². The number of hydrogen-bond acceptors (Lipinski definition) is 0. The molecule has 0 bridgehead atoms. The molecule has 0 saturated carbocycles. The van der Waals surface area contributed by atoms with Gasteiger partial charge >= 0.3 is 0 Å². The number of rotatable bonds is 1. The largest absolute Gasteiger partial charge is 0.207 e. The predicted octanol–water partition coefficient (Wildman–Crippen LogP) is 2.33. The Labute approximate surface area is 71.8 Å². The molecular formula is C8H6F3Si. The second kappa shape index (κ2) is 3.31. The Kier molecular flexibility index (Phi) is 2.57. The molecule has 1 rings (SSSR count). The normalized spacial score (nSPS) is 13.1. The van der Waals surface area contributed by atoms with E-state index >= 15 is 0 Å². The van der Waals surface area contributed by atoms with E-state index in [-0.39, 0.29) is 5.56 Å². The van der Waals surface area contributed by atoms with Crippen molar-refractivity contribution in [2.45, 2.75) is 12.5 Å². The Hall–Kier alpha value is -0.773. The SMILES string of the molecule is CC([Si])c1c(F)ccc(F)c1F. The monoisotopic (exact) mass is 187 g/mol. The molecule has 3 radical (unpaired) electrons. The molecule has 0 aliphatic carbocycles. The van der Waals surface area contributed by atoms with Gasteiger partial charge in [-0.25, -0.2) is 13.2 Å². The number of hydrogen-bond donors (Lipinski definition) is 0. The zero-order valence-electron chi connectivity index (χ0n) is 6.37. The maximum atomic E-state index is 12.9. The van der Waals surface area contributed by atoms with Crippen LogP contribution in [0.5, 0.6) is 0 Å². The van der Waals surface area contributed by atoms with Crippen molar-refractivity contribution in [2.24, 2.45) is 0 Å². The Balaban J connectivity index is 3.33. The van der Waals surface area contributed by atoms with Crippen LogP contribution in [0.3, 0.4) is 0 Å². The summed E-state index contributed by atoms with van der Waals surface area (Å²) in [6.45, 7) is 1.53. The van der Waals surface area contributed by atoms with E-state index in [1.807, 2.05) is 0 Å². The fourth-order valence-electron chi connectivity index (χ4n) is 0.940. The topological polar surface area (TPSA) is 0 Å². The van der Waals surface area contributed by atoms with Crippen molar-refractivity contribution in [1.82, 2.24) is 0 Å². The highest BCUT2D eigenvalue weighted by atomic mass is 28.1. The summed E-state index contributed by atoms with van der Waals surface area (Å²) in [5.74, 6) is -2.90. The van der Waals surface area contributed by atoms with E-state index in [4.69, 9.17) is 0 Å². The van der Waals surface area contributed by atoms with Gasteiger partial charge in [0.15, 0.2) is 11.6 Å². The first-order valence-electron chi connectivity index (χ1n) is 3.38. The van der Waals surface area contributed by atoms with Gasteiger partial charge in [0.1, 0.15) is 5.82 Å². The molecule has 0 aromatic heterocycles. The van der Waals surface area contributed by atoms with Gasteiger partial charge in [0.2, 0.25) is 0 Å². The summed E-state index contributed by atoms with van der Waals surface area (Å²) in [6.07, 6.45) is 0. The minimum absolute atomic E-state index is 0.272. The third kappa shape index (κ3) is 1.53. The molecule has 0 aliphatic rings. The highest BCUT2D eigenvalue weighted by Gasteiger charge is 2.15. The fourth-order valence-corrected chi connectivity index (χ4v) is 1.20. The molecule has 4 heteroatoms. The molecule has 1 unspecified atom stereocenters. The molecule has 0 heterocycles. The van der Waals surface area contributed by atoms with Crippen molar-refractivity contribution in [2.75, 3.05) is 0 Å². The molecule has 1 aromatic carbocycles. The van der Waals surface area contributed by atoms with Crippen molar-refractivity contribution < 1.29 is 13.2 Å². The van der Waals surface area contributed by atoms with Gasteiger partial charge in [-0.1, -0.05) is 6.92 Å². The van der Waals surface area contributed by atoms with E-state index in [1.165, 1.54) is 6.92 Å². The average molecular weight is 187 g/mol.